The molecule has 8 nitrogen and oxygen atoms in total. The molecule has 0 fully saturated rings. The summed E-state index contributed by atoms with van der Waals surface area (Å²) in [7, 11) is 0. The summed E-state index contributed by atoms with van der Waals surface area (Å²) in [5, 5.41) is 6.11. The molecule has 0 radical (unpaired) electrons. The van der Waals surface area contributed by atoms with E-state index < -0.39 is 5.91 Å². The molecule has 170 valence electrons. The maximum Gasteiger partial charge on any atom is 0.270 e. The van der Waals surface area contributed by atoms with Gasteiger partial charge < -0.3 is 15.0 Å². The minimum absolute atomic E-state index is 0.0643. The SMILES string of the molecule is O=C(NCc1cn2cc(CNCc3ccc(F)cc3)ccc2n1)c1cc(=O)n2ccccc2n1. The molecule has 0 bridgehead atoms. The van der Waals surface area contributed by atoms with E-state index in [1.54, 1.807) is 36.5 Å². The lowest BCUT2D eigenvalue weighted by molar-refractivity contribution is 0.0945. The van der Waals surface area contributed by atoms with Gasteiger partial charge in [-0.15, -0.1) is 0 Å². The standard InChI is InChI=1S/C25H21FN6O2/c26-19-7-4-17(5-8-19)12-27-13-18-6-9-22-29-20(16-31(22)15-18)14-28-25(34)21-11-24(33)32-10-2-1-3-23(32)30-21/h1-11,15-16,27H,12-14H2,(H,28,34). The van der Waals surface area contributed by atoms with Crippen LogP contribution in [-0.4, -0.2) is 24.7 Å². The summed E-state index contributed by atoms with van der Waals surface area (Å²) < 4.78 is 16.3. The van der Waals surface area contributed by atoms with Crippen molar-refractivity contribution >= 4 is 17.2 Å². The summed E-state index contributed by atoms with van der Waals surface area (Å²) in [6.45, 7) is 1.47. The molecule has 5 rings (SSSR count). The first-order valence-electron chi connectivity index (χ1n) is 10.7. The number of carbonyl (C=O) groups excluding carboxylic acids is 1. The number of fused-ring (bicyclic) bond motifs is 2. The number of benzene rings is 1. The molecule has 4 aromatic heterocycles. The second kappa shape index (κ2) is 9.24. The minimum Gasteiger partial charge on any atom is -0.345 e. The number of carbonyl (C=O) groups is 1. The third-order valence-electron chi connectivity index (χ3n) is 5.37. The lowest BCUT2D eigenvalue weighted by atomic mass is 10.2. The monoisotopic (exact) mass is 456 g/mol. The molecule has 0 unspecified atom stereocenters. The fraction of sp³-hybridized carbons (Fsp3) is 0.120. The number of halogens is 1. The smallest absolute Gasteiger partial charge is 0.270 e. The van der Waals surface area contributed by atoms with Crippen LogP contribution in [0.3, 0.4) is 0 Å². The van der Waals surface area contributed by atoms with Gasteiger partial charge in [-0.25, -0.2) is 14.4 Å². The number of nitrogens with one attached hydrogen (secondary N) is 2. The third-order valence-corrected chi connectivity index (χ3v) is 5.37. The average molecular weight is 456 g/mol. The first-order valence-corrected chi connectivity index (χ1v) is 10.7. The van der Waals surface area contributed by atoms with E-state index in [9.17, 15) is 14.0 Å². The fourth-order valence-electron chi connectivity index (χ4n) is 3.67. The van der Waals surface area contributed by atoms with Crippen LogP contribution in [0.5, 0.6) is 0 Å². The highest BCUT2D eigenvalue weighted by Gasteiger charge is 2.11. The van der Waals surface area contributed by atoms with Crippen molar-refractivity contribution in [3.63, 3.8) is 0 Å². The van der Waals surface area contributed by atoms with Crippen molar-refractivity contribution in [1.82, 2.24) is 29.4 Å². The van der Waals surface area contributed by atoms with E-state index in [0.717, 1.165) is 16.8 Å². The molecule has 0 spiro atoms. The van der Waals surface area contributed by atoms with Crippen molar-refractivity contribution in [3.8, 4) is 0 Å². The largest absolute Gasteiger partial charge is 0.345 e. The second-order valence-corrected chi connectivity index (χ2v) is 7.86. The molecule has 4 heterocycles. The quantitative estimate of drug-likeness (QED) is 0.393. The molecular weight excluding hydrogens is 435 g/mol. The van der Waals surface area contributed by atoms with Crippen molar-refractivity contribution in [2.45, 2.75) is 19.6 Å². The van der Waals surface area contributed by atoms with Crippen molar-refractivity contribution in [3.05, 3.63) is 118 Å². The minimum atomic E-state index is -0.439. The molecule has 5 aromatic rings. The summed E-state index contributed by atoms with van der Waals surface area (Å²) >= 11 is 0. The predicted molar refractivity (Wildman–Crippen MR) is 125 cm³/mol. The zero-order valence-electron chi connectivity index (χ0n) is 18.1. The number of pyridine rings is 2. The van der Waals surface area contributed by atoms with Crippen molar-refractivity contribution in [2.75, 3.05) is 0 Å². The molecular formula is C25H21FN6O2. The number of hydrogen-bond donors (Lipinski definition) is 2. The highest BCUT2D eigenvalue weighted by Crippen LogP contribution is 2.09. The molecule has 0 atom stereocenters. The van der Waals surface area contributed by atoms with Crippen LogP contribution in [0.2, 0.25) is 0 Å². The molecule has 9 heteroatoms. The number of amides is 1. The van der Waals surface area contributed by atoms with Crippen LogP contribution >= 0.6 is 0 Å². The van der Waals surface area contributed by atoms with Crippen molar-refractivity contribution in [2.24, 2.45) is 0 Å². The first-order chi connectivity index (χ1) is 16.5. The fourth-order valence-corrected chi connectivity index (χ4v) is 3.67. The van der Waals surface area contributed by atoms with Gasteiger partial charge in [0.15, 0.2) is 0 Å². The van der Waals surface area contributed by atoms with Gasteiger partial charge in [-0.2, -0.15) is 0 Å². The van der Waals surface area contributed by atoms with Crippen molar-refractivity contribution in [1.29, 1.82) is 0 Å². The van der Waals surface area contributed by atoms with Crippen molar-refractivity contribution < 1.29 is 9.18 Å². The van der Waals surface area contributed by atoms with E-state index in [0.29, 0.717) is 24.4 Å². The zero-order chi connectivity index (χ0) is 23.5. The Kier molecular flexibility index (Phi) is 5.84. The van der Waals surface area contributed by atoms with Crippen LogP contribution in [0, 0.1) is 5.82 Å². The topological polar surface area (TPSA) is 92.8 Å². The number of imidazole rings is 1. The predicted octanol–water partition coefficient (Wildman–Crippen LogP) is 2.70. The second-order valence-electron chi connectivity index (χ2n) is 7.86. The van der Waals surface area contributed by atoms with Crippen LogP contribution in [0.4, 0.5) is 4.39 Å². The van der Waals surface area contributed by atoms with E-state index in [-0.39, 0.29) is 23.6 Å². The molecule has 0 aliphatic carbocycles. The maximum absolute atomic E-state index is 13.0. The van der Waals surface area contributed by atoms with E-state index in [1.165, 1.54) is 22.6 Å². The lowest BCUT2D eigenvalue weighted by Crippen LogP contribution is -2.27. The molecule has 1 aromatic carbocycles. The summed E-state index contributed by atoms with van der Waals surface area (Å²) in [4.78, 5) is 33.5. The molecule has 0 aliphatic rings. The highest BCUT2D eigenvalue weighted by atomic mass is 19.1. The van der Waals surface area contributed by atoms with Gasteiger partial charge in [-0.3, -0.25) is 14.0 Å². The van der Waals surface area contributed by atoms with E-state index >= 15 is 0 Å². The molecule has 0 saturated carbocycles. The third kappa shape index (κ3) is 4.69. The van der Waals surface area contributed by atoms with Gasteiger partial charge in [0.1, 0.15) is 22.8 Å². The number of hydrogen-bond acceptors (Lipinski definition) is 5. The van der Waals surface area contributed by atoms with Crippen LogP contribution in [-0.2, 0) is 19.6 Å². The van der Waals surface area contributed by atoms with Gasteiger partial charge in [0, 0.05) is 37.7 Å². The first kappa shape index (κ1) is 21.5. The van der Waals surface area contributed by atoms with Crippen LogP contribution in [0.1, 0.15) is 27.3 Å². The molecule has 0 aliphatic heterocycles. The van der Waals surface area contributed by atoms with Crippen LogP contribution in [0.25, 0.3) is 11.3 Å². The Balaban J connectivity index is 1.22. The number of rotatable bonds is 7. The van der Waals surface area contributed by atoms with Crippen LogP contribution < -0.4 is 16.2 Å². The van der Waals surface area contributed by atoms with Crippen LogP contribution in [0.15, 0.2) is 84.0 Å². The Morgan fingerprint density at radius 3 is 2.53 bits per heavy atom. The molecule has 2 N–H and O–H groups in total. The van der Waals surface area contributed by atoms with E-state index in [1.807, 2.05) is 28.9 Å². The Labute approximate surface area is 193 Å². The highest BCUT2D eigenvalue weighted by molar-refractivity contribution is 5.92. The normalized spacial score (nSPS) is 11.2. The van der Waals surface area contributed by atoms with Gasteiger partial charge >= 0.3 is 0 Å². The average Bonchev–Trinajstić information content (AvgIpc) is 3.26. The Morgan fingerprint density at radius 2 is 1.68 bits per heavy atom. The maximum atomic E-state index is 13.0. The number of nitrogens with zero attached hydrogens (tertiary/aromatic N) is 4. The Morgan fingerprint density at radius 1 is 0.882 bits per heavy atom. The van der Waals surface area contributed by atoms with E-state index in [2.05, 4.69) is 20.6 Å². The van der Waals surface area contributed by atoms with Gasteiger partial charge in [-0.05, 0) is 41.5 Å². The van der Waals surface area contributed by atoms with Gasteiger partial charge in [0.2, 0.25) is 0 Å². The molecule has 34 heavy (non-hydrogen) atoms. The Bertz CT molecular complexity index is 1540. The Hall–Kier alpha value is -4.37. The zero-order valence-corrected chi connectivity index (χ0v) is 18.1. The van der Waals surface area contributed by atoms with E-state index in [4.69, 9.17) is 0 Å². The summed E-state index contributed by atoms with van der Waals surface area (Å²) in [5.41, 5.74) is 3.66. The van der Waals surface area contributed by atoms with Gasteiger partial charge in [0.25, 0.3) is 11.5 Å². The van der Waals surface area contributed by atoms with Gasteiger partial charge in [-0.1, -0.05) is 24.3 Å². The summed E-state index contributed by atoms with van der Waals surface area (Å²) in [6.07, 6.45) is 5.43. The lowest BCUT2D eigenvalue weighted by Gasteiger charge is -2.06. The summed E-state index contributed by atoms with van der Waals surface area (Å²) in [5.74, 6) is -0.685. The summed E-state index contributed by atoms with van der Waals surface area (Å²) in [6, 6.07) is 16.7. The van der Waals surface area contributed by atoms with Gasteiger partial charge in [0.05, 0.1) is 12.2 Å². The molecule has 0 saturated heterocycles. The number of aromatic nitrogens is 4. The molecule has 1 amide bonds.